The van der Waals surface area contributed by atoms with Crippen molar-refractivity contribution in [1.82, 2.24) is 5.32 Å². The number of carboxylic acid groups (broad SMARTS) is 1. The zero-order valence-electron chi connectivity index (χ0n) is 15.0. The molecule has 26 heavy (non-hydrogen) atoms. The van der Waals surface area contributed by atoms with Crippen molar-refractivity contribution in [2.45, 2.75) is 64.3 Å². The van der Waals surface area contributed by atoms with Crippen LogP contribution in [0.4, 0.5) is 8.78 Å². The minimum atomic E-state index is -0.751. The number of amides is 1. The number of hydrogen-bond donors (Lipinski definition) is 2. The van der Waals surface area contributed by atoms with Gasteiger partial charge in [-0.2, -0.15) is 0 Å². The molecule has 6 heteroatoms. The fraction of sp³-hybridized carbons (Fsp3) is 0.600. The van der Waals surface area contributed by atoms with Crippen molar-refractivity contribution in [1.29, 1.82) is 0 Å². The van der Waals surface area contributed by atoms with E-state index in [4.69, 9.17) is 5.11 Å². The summed E-state index contributed by atoms with van der Waals surface area (Å²) in [6.07, 6.45) is 6.50. The monoisotopic (exact) mass is 365 g/mol. The maximum Gasteiger partial charge on any atom is 0.303 e. The first kappa shape index (κ1) is 18.8. The molecule has 0 aromatic heterocycles. The smallest absolute Gasteiger partial charge is 0.303 e. The normalized spacial score (nSPS) is 27.2. The number of rotatable bonds is 9. The number of carbonyl (C=O) groups excluding carboxylic acids is 1. The van der Waals surface area contributed by atoms with Gasteiger partial charge in [0.25, 0.3) is 0 Å². The van der Waals surface area contributed by atoms with Crippen molar-refractivity contribution in [3.8, 4) is 0 Å². The molecule has 1 aromatic rings. The predicted octanol–water partition coefficient (Wildman–Crippen LogP) is 4.35. The number of nitrogens with one attached hydrogen (secondary N) is 1. The molecule has 3 fully saturated rings. The summed E-state index contributed by atoms with van der Waals surface area (Å²) in [5, 5.41) is 11.5. The third kappa shape index (κ3) is 3.74. The van der Waals surface area contributed by atoms with Crippen molar-refractivity contribution in [3.05, 3.63) is 35.4 Å². The van der Waals surface area contributed by atoms with Gasteiger partial charge in [-0.1, -0.05) is 12.8 Å². The Morgan fingerprint density at radius 2 is 1.73 bits per heavy atom. The Balaban J connectivity index is 1.43. The van der Waals surface area contributed by atoms with Crippen molar-refractivity contribution in [2.24, 2.45) is 10.8 Å². The van der Waals surface area contributed by atoms with Gasteiger partial charge in [-0.05, 0) is 62.1 Å². The molecule has 1 atom stereocenters. The van der Waals surface area contributed by atoms with E-state index in [1.807, 2.05) is 0 Å². The van der Waals surface area contributed by atoms with Crippen LogP contribution in [0.25, 0.3) is 0 Å². The molecule has 3 saturated carbocycles. The van der Waals surface area contributed by atoms with Crippen LogP contribution in [0.2, 0.25) is 0 Å². The molecule has 142 valence electrons. The lowest BCUT2D eigenvalue weighted by Gasteiger charge is -2.70. The molecule has 1 aromatic carbocycles. The van der Waals surface area contributed by atoms with E-state index in [1.54, 1.807) is 6.92 Å². The van der Waals surface area contributed by atoms with Crippen LogP contribution in [0.1, 0.15) is 69.9 Å². The predicted molar refractivity (Wildman–Crippen MR) is 92.4 cm³/mol. The fourth-order valence-electron chi connectivity index (χ4n) is 4.72. The van der Waals surface area contributed by atoms with Gasteiger partial charge in [0.15, 0.2) is 0 Å². The lowest BCUT2D eigenvalue weighted by Crippen LogP contribution is -2.67. The lowest BCUT2D eigenvalue weighted by molar-refractivity contribution is -0.210. The quantitative estimate of drug-likeness (QED) is 0.640. The van der Waals surface area contributed by atoms with E-state index in [9.17, 15) is 18.4 Å². The van der Waals surface area contributed by atoms with E-state index in [1.165, 1.54) is 12.1 Å². The Labute approximate surface area is 152 Å². The summed E-state index contributed by atoms with van der Waals surface area (Å²) >= 11 is 0. The number of hydrogen-bond acceptors (Lipinski definition) is 2. The van der Waals surface area contributed by atoms with Gasteiger partial charge in [0.1, 0.15) is 11.6 Å². The molecule has 0 aliphatic heterocycles. The maximum atomic E-state index is 13.3. The van der Waals surface area contributed by atoms with E-state index >= 15 is 0 Å². The lowest BCUT2D eigenvalue weighted by atomic mass is 9.34. The van der Waals surface area contributed by atoms with Crippen molar-refractivity contribution in [2.75, 3.05) is 0 Å². The van der Waals surface area contributed by atoms with Crippen LogP contribution in [-0.2, 0) is 9.59 Å². The van der Waals surface area contributed by atoms with Gasteiger partial charge in [0.2, 0.25) is 5.91 Å². The largest absolute Gasteiger partial charge is 0.481 e. The second-order valence-corrected chi connectivity index (χ2v) is 8.16. The second kappa shape index (κ2) is 6.97. The molecule has 0 radical (unpaired) electrons. The van der Waals surface area contributed by atoms with Crippen LogP contribution in [0.15, 0.2) is 18.2 Å². The summed E-state index contributed by atoms with van der Waals surface area (Å²) in [5.74, 6) is -2.07. The highest BCUT2D eigenvalue weighted by Gasteiger charge is 2.70. The Morgan fingerprint density at radius 1 is 1.12 bits per heavy atom. The van der Waals surface area contributed by atoms with Crippen LogP contribution >= 0.6 is 0 Å². The topological polar surface area (TPSA) is 66.4 Å². The van der Waals surface area contributed by atoms with Gasteiger partial charge in [-0.3, -0.25) is 9.59 Å². The molecule has 0 heterocycles. The number of carboxylic acids is 1. The highest BCUT2D eigenvalue weighted by molar-refractivity contribution is 5.86. The molecule has 0 saturated heterocycles. The first-order valence-electron chi connectivity index (χ1n) is 9.22. The van der Waals surface area contributed by atoms with Gasteiger partial charge in [0, 0.05) is 12.5 Å². The van der Waals surface area contributed by atoms with Crippen LogP contribution < -0.4 is 5.32 Å². The van der Waals surface area contributed by atoms with Crippen molar-refractivity contribution in [3.63, 3.8) is 0 Å². The number of aliphatic carboxylic acids is 1. The average Bonchev–Trinajstić information content (AvgIpc) is 2.46. The van der Waals surface area contributed by atoms with E-state index in [-0.39, 0.29) is 23.2 Å². The number of halogens is 2. The van der Waals surface area contributed by atoms with Crippen LogP contribution in [0, 0.1) is 22.5 Å². The molecule has 0 unspecified atom stereocenters. The molecule has 4 nitrogen and oxygen atoms in total. The average molecular weight is 365 g/mol. The molecule has 0 spiro atoms. The highest BCUT2D eigenvalue weighted by Crippen LogP contribution is 2.75. The summed E-state index contributed by atoms with van der Waals surface area (Å²) in [6, 6.07) is 2.87. The maximum absolute atomic E-state index is 13.3. The second-order valence-electron chi connectivity index (χ2n) is 8.16. The van der Waals surface area contributed by atoms with E-state index in [0.717, 1.165) is 44.6 Å². The SMILES string of the molecule is C[C@H](NC(=O)C12CC(CCCCCC(=O)O)(C1)C2)c1cc(F)cc(F)c1. The standard InChI is InChI=1S/C20H25F2NO3/c1-13(14-7-15(21)9-16(22)8-14)23-18(26)20-10-19(11-20,12-20)6-4-2-3-5-17(24)25/h7-9,13H,2-6,10-12H2,1H3,(H,23,26)(H,24,25)/t13-,19?,20?/m0/s1. The summed E-state index contributed by atoms with van der Waals surface area (Å²) in [7, 11) is 0. The molecule has 4 rings (SSSR count). The molecule has 3 aliphatic carbocycles. The highest BCUT2D eigenvalue weighted by atomic mass is 19.1. The van der Waals surface area contributed by atoms with E-state index < -0.39 is 23.6 Å². The van der Waals surface area contributed by atoms with Gasteiger partial charge >= 0.3 is 5.97 Å². The Kier molecular flexibility index (Phi) is 5.04. The summed E-state index contributed by atoms with van der Waals surface area (Å²) in [5.41, 5.74) is 0.381. The molecule has 2 bridgehead atoms. The molecule has 3 aliphatic rings. The number of unbranched alkanes of at least 4 members (excludes halogenated alkanes) is 2. The number of carbonyl (C=O) groups is 2. The fourth-order valence-corrected chi connectivity index (χ4v) is 4.72. The van der Waals surface area contributed by atoms with Crippen molar-refractivity contribution < 1.29 is 23.5 Å². The van der Waals surface area contributed by atoms with Gasteiger partial charge in [-0.15, -0.1) is 0 Å². The zero-order chi connectivity index (χ0) is 18.9. The molecule has 1 amide bonds. The van der Waals surface area contributed by atoms with Crippen molar-refractivity contribution >= 4 is 11.9 Å². The minimum absolute atomic E-state index is 0.0255. The van der Waals surface area contributed by atoms with Gasteiger partial charge in [-0.25, -0.2) is 8.78 Å². The van der Waals surface area contributed by atoms with Gasteiger partial charge in [0.05, 0.1) is 11.5 Å². The molecule has 2 N–H and O–H groups in total. The molecular formula is C20H25F2NO3. The number of benzene rings is 1. The van der Waals surface area contributed by atoms with E-state index in [0.29, 0.717) is 12.0 Å². The first-order chi connectivity index (χ1) is 12.2. The van der Waals surface area contributed by atoms with E-state index in [2.05, 4.69) is 5.32 Å². The third-order valence-electron chi connectivity index (χ3n) is 5.95. The Hall–Kier alpha value is -1.98. The third-order valence-corrected chi connectivity index (χ3v) is 5.95. The zero-order valence-corrected chi connectivity index (χ0v) is 15.0. The Bertz CT molecular complexity index is 679. The Morgan fingerprint density at radius 3 is 2.31 bits per heavy atom. The minimum Gasteiger partial charge on any atom is -0.481 e. The van der Waals surface area contributed by atoms with Crippen LogP contribution in [0.5, 0.6) is 0 Å². The summed E-state index contributed by atoms with van der Waals surface area (Å²) < 4.78 is 26.7. The molecular weight excluding hydrogens is 340 g/mol. The first-order valence-corrected chi connectivity index (χ1v) is 9.22. The van der Waals surface area contributed by atoms with Crippen LogP contribution in [-0.4, -0.2) is 17.0 Å². The van der Waals surface area contributed by atoms with Gasteiger partial charge < -0.3 is 10.4 Å². The summed E-state index contributed by atoms with van der Waals surface area (Å²) in [6.45, 7) is 1.73. The summed E-state index contributed by atoms with van der Waals surface area (Å²) in [4.78, 5) is 23.1. The van der Waals surface area contributed by atoms with Crippen LogP contribution in [0.3, 0.4) is 0 Å².